The average molecular weight is 398 g/mol. The van der Waals surface area contributed by atoms with Crippen molar-refractivity contribution in [3.63, 3.8) is 0 Å². The Morgan fingerprint density at radius 2 is 1.34 bits per heavy atom. The van der Waals surface area contributed by atoms with E-state index < -0.39 is 17.3 Å². The molecule has 1 spiro atoms. The van der Waals surface area contributed by atoms with E-state index in [0.29, 0.717) is 16.7 Å². The van der Waals surface area contributed by atoms with E-state index in [4.69, 9.17) is 0 Å². The number of rotatable bonds is 4. The van der Waals surface area contributed by atoms with E-state index in [1.165, 1.54) is 0 Å². The number of Topliss-reactive ketones (excluding diaryl/α,β-unsaturated/α-hetero) is 3. The molecule has 2 aliphatic carbocycles. The van der Waals surface area contributed by atoms with Crippen molar-refractivity contribution < 1.29 is 14.4 Å². The van der Waals surface area contributed by atoms with Crippen LogP contribution in [0.4, 0.5) is 0 Å². The van der Waals surface area contributed by atoms with Crippen molar-refractivity contribution in [2.45, 2.75) is 10.8 Å². The fourth-order valence-electron chi connectivity index (χ4n) is 4.79. The van der Waals surface area contributed by atoms with E-state index in [1.807, 2.05) is 36.6 Å². The van der Waals surface area contributed by atoms with Crippen molar-refractivity contribution >= 4 is 29.1 Å². The van der Waals surface area contributed by atoms with Crippen molar-refractivity contribution in [2.24, 2.45) is 11.3 Å². The molecule has 0 unspecified atom stereocenters. The Morgan fingerprint density at radius 1 is 0.793 bits per heavy atom. The van der Waals surface area contributed by atoms with Crippen LogP contribution in [0.25, 0.3) is 0 Å². The average Bonchev–Trinajstić information content (AvgIpc) is 3.43. The number of hydrogen-bond donors (Lipinski definition) is 0. The Balaban J connectivity index is 1.65. The van der Waals surface area contributed by atoms with Gasteiger partial charge in [0, 0.05) is 27.5 Å². The predicted molar refractivity (Wildman–Crippen MR) is 113 cm³/mol. The second kappa shape index (κ2) is 6.53. The summed E-state index contributed by atoms with van der Waals surface area (Å²) in [5, 5.41) is 0. The maximum Gasteiger partial charge on any atom is 0.178 e. The Labute approximate surface area is 173 Å². The molecule has 2 atom stereocenters. The monoisotopic (exact) mass is 398 g/mol. The summed E-state index contributed by atoms with van der Waals surface area (Å²) in [6.45, 7) is 0. The standard InChI is InChI=1S/C25H18O3S/c1-29-17-13-11-15(12-14-17)20-21(22(26)16-7-3-2-4-8-16)25(20)23(27)18-9-5-6-10-19(18)24(25)28/h2-14,20-21H,1H3/t20-,21+/m0/s1. The molecule has 0 N–H and O–H groups in total. The summed E-state index contributed by atoms with van der Waals surface area (Å²) in [4.78, 5) is 41.4. The fourth-order valence-corrected chi connectivity index (χ4v) is 5.20. The first-order valence-electron chi connectivity index (χ1n) is 9.52. The molecule has 0 heterocycles. The van der Waals surface area contributed by atoms with Crippen molar-refractivity contribution in [3.05, 3.63) is 101 Å². The number of fused-ring (bicyclic) bond motifs is 1. The van der Waals surface area contributed by atoms with E-state index >= 15 is 0 Å². The second-order valence-corrected chi connectivity index (χ2v) is 8.41. The summed E-state index contributed by atoms with van der Waals surface area (Å²) >= 11 is 1.63. The number of benzene rings is 3. The highest BCUT2D eigenvalue weighted by atomic mass is 32.2. The molecule has 3 nitrogen and oxygen atoms in total. The SMILES string of the molecule is CSc1ccc([C@H]2[C@H](C(=O)c3ccccc3)C23C(=O)c2ccccc2C3=O)cc1. The first-order chi connectivity index (χ1) is 14.1. The summed E-state index contributed by atoms with van der Waals surface area (Å²) < 4.78 is 0. The fraction of sp³-hybridized carbons (Fsp3) is 0.160. The normalized spacial score (nSPS) is 21.3. The molecule has 3 aromatic rings. The van der Waals surface area contributed by atoms with E-state index in [2.05, 4.69) is 0 Å². The van der Waals surface area contributed by atoms with Crippen LogP contribution in [0.5, 0.6) is 0 Å². The van der Waals surface area contributed by atoms with Gasteiger partial charge in [0.25, 0.3) is 0 Å². The summed E-state index contributed by atoms with van der Waals surface area (Å²) in [7, 11) is 0. The molecule has 0 saturated heterocycles. The van der Waals surface area contributed by atoms with Gasteiger partial charge in [0.2, 0.25) is 0 Å². The Bertz CT molecular complexity index is 1110. The van der Waals surface area contributed by atoms with Crippen LogP contribution >= 0.6 is 11.8 Å². The van der Waals surface area contributed by atoms with Gasteiger partial charge in [0.1, 0.15) is 5.41 Å². The van der Waals surface area contributed by atoms with Crippen LogP contribution in [-0.4, -0.2) is 23.6 Å². The molecule has 29 heavy (non-hydrogen) atoms. The number of thioether (sulfide) groups is 1. The van der Waals surface area contributed by atoms with Gasteiger partial charge in [0.05, 0.1) is 5.92 Å². The van der Waals surface area contributed by atoms with Gasteiger partial charge in [-0.25, -0.2) is 0 Å². The zero-order valence-corrected chi connectivity index (χ0v) is 16.6. The lowest BCUT2D eigenvalue weighted by Gasteiger charge is -2.07. The third kappa shape index (κ3) is 2.42. The van der Waals surface area contributed by atoms with Crippen LogP contribution in [0.15, 0.2) is 83.8 Å². The molecule has 0 amide bonds. The minimum atomic E-state index is -1.31. The highest BCUT2D eigenvalue weighted by molar-refractivity contribution is 7.98. The largest absolute Gasteiger partial charge is 0.294 e. The van der Waals surface area contributed by atoms with Crippen molar-refractivity contribution in [1.29, 1.82) is 0 Å². The number of hydrogen-bond acceptors (Lipinski definition) is 4. The Kier molecular flexibility index (Phi) is 4.07. The summed E-state index contributed by atoms with van der Waals surface area (Å²) in [5.41, 5.74) is 0.971. The molecule has 4 heteroatoms. The summed E-state index contributed by atoms with van der Waals surface area (Å²) in [6, 6.07) is 23.7. The third-order valence-corrected chi connectivity index (χ3v) is 6.93. The van der Waals surface area contributed by atoms with Crippen LogP contribution in [0.1, 0.15) is 42.6 Å². The molecule has 2 aliphatic rings. The maximum absolute atomic E-state index is 13.5. The molecule has 0 aromatic heterocycles. The predicted octanol–water partition coefficient (Wildman–Crippen LogP) is 5.07. The molecule has 5 rings (SSSR count). The first-order valence-corrected chi connectivity index (χ1v) is 10.7. The number of carbonyl (C=O) groups excluding carboxylic acids is 3. The van der Waals surface area contributed by atoms with Crippen LogP contribution < -0.4 is 0 Å². The van der Waals surface area contributed by atoms with Crippen LogP contribution in [-0.2, 0) is 0 Å². The van der Waals surface area contributed by atoms with Gasteiger partial charge in [-0.2, -0.15) is 0 Å². The van der Waals surface area contributed by atoms with Crippen molar-refractivity contribution in [2.75, 3.05) is 6.26 Å². The van der Waals surface area contributed by atoms with Gasteiger partial charge in [-0.15, -0.1) is 11.8 Å². The van der Waals surface area contributed by atoms with Crippen LogP contribution in [0.2, 0.25) is 0 Å². The topological polar surface area (TPSA) is 51.2 Å². The number of ketones is 3. The summed E-state index contributed by atoms with van der Waals surface area (Å²) in [6.07, 6.45) is 2.00. The van der Waals surface area contributed by atoms with E-state index in [-0.39, 0.29) is 17.3 Å². The minimum Gasteiger partial charge on any atom is -0.294 e. The van der Waals surface area contributed by atoms with Crippen LogP contribution in [0.3, 0.4) is 0 Å². The second-order valence-electron chi connectivity index (χ2n) is 7.53. The Hall–Kier alpha value is -2.98. The zero-order valence-electron chi connectivity index (χ0n) is 15.8. The molecule has 1 fully saturated rings. The quantitative estimate of drug-likeness (QED) is 0.350. The van der Waals surface area contributed by atoms with Crippen LogP contribution in [0, 0.1) is 11.3 Å². The zero-order chi connectivity index (χ0) is 20.2. The van der Waals surface area contributed by atoms with E-state index in [1.54, 1.807) is 60.3 Å². The molecule has 1 saturated carbocycles. The van der Waals surface area contributed by atoms with Gasteiger partial charge in [0.15, 0.2) is 17.3 Å². The Morgan fingerprint density at radius 3 is 1.90 bits per heavy atom. The molecule has 142 valence electrons. The third-order valence-electron chi connectivity index (χ3n) is 6.19. The lowest BCUT2D eigenvalue weighted by atomic mass is 9.91. The molecular weight excluding hydrogens is 380 g/mol. The van der Waals surface area contributed by atoms with Gasteiger partial charge in [-0.3, -0.25) is 14.4 Å². The van der Waals surface area contributed by atoms with Gasteiger partial charge < -0.3 is 0 Å². The number of carbonyl (C=O) groups is 3. The van der Waals surface area contributed by atoms with Crippen molar-refractivity contribution in [3.8, 4) is 0 Å². The highest BCUT2D eigenvalue weighted by Gasteiger charge is 2.78. The minimum absolute atomic E-state index is 0.140. The lowest BCUT2D eigenvalue weighted by molar-refractivity contribution is 0.0764. The molecular formula is C25H18O3S. The van der Waals surface area contributed by atoms with Gasteiger partial charge in [-0.1, -0.05) is 66.7 Å². The molecule has 0 radical (unpaired) electrons. The molecule has 3 aromatic carbocycles. The van der Waals surface area contributed by atoms with Gasteiger partial charge >= 0.3 is 0 Å². The molecule has 0 bridgehead atoms. The van der Waals surface area contributed by atoms with Gasteiger partial charge in [-0.05, 0) is 24.0 Å². The summed E-state index contributed by atoms with van der Waals surface area (Å²) in [5.74, 6) is -1.67. The van der Waals surface area contributed by atoms with E-state index in [9.17, 15) is 14.4 Å². The van der Waals surface area contributed by atoms with Crippen molar-refractivity contribution in [1.82, 2.24) is 0 Å². The highest BCUT2D eigenvalue weighted by Crippen LogP contribution is 2.70. The lowest BCUT2D eigenvalue weighted by Crippen LogP contribution is -2.23. The first kappa shape index (κ1) is 18.1. The smallest absolute Gasteiger partial charge is 0.178 e. The molecule has 0 aliphatic heterocycles. The maximum atomic E-state index is 13.5. The van der Waals surface area contributed by atoms with E-state index in [0.717, 1.165) is 10.5 Å².